The van der Waals surface area contributed by atoms with Crippen LogP contribution in [0.2, 0.25) is 0 Å². The van der Waals surface area contributed by atoms with E-state index in [1.165, 1.54) is 23.5 Å². The third-order valence-electron chi connectivity index (χ3n) is 6.10. The minimum atomic E-state index is -4.96. The summed E-state index contributed by atoms with van der Waals surface area (Å²) in [5.41, 5.74) is 9.24. The van der Waals surface area contributed by atoms with E-state index in [-0.39, 0.29) is 5.69 Å². The Morgan fingerprint density at radius 2 is 1.90 bits per heavy atom. The van der Waals surface area contributed by atoms with E-state index in [4.69, 9.17) is 15.5 Å². The second-order valence-corrected chi connectivity index (χ2v) is 9.57. The lowest BCUT2D eigenvalue weighted by atomic mass is 10.1. The van der Waals surface area contributed by atoms with Crippen molar-refractivity contribution in [1.82, 2.24) is 9.97 Å². The molecular formula is C26H25F3N6O3S. The Morgan fingerprint density at radius 3 is 2.56 bits per heavy atom. The fourth-order valence-electron chi connectivity index (χ4n) is 4.32. The molecule has 2 aromatic carbocycles. The van der Waals surface area contributed by atoms with E-state index in [0.29, 0.717) is 42.2 Å². The monoisotopic (exact) mass is 558 g/mol. The van der Waals surface area contributed by atoms with Gasteiger partial charge in [0.25, 0.3) is 0 Å². The number of thiophene rings is 1. The number of fused-ring (bicyclic) bond motifs is 1. The molecule has 0 aliphatic carbocycles. The summed E-state index contributed by atoms with van der Waals surface area (Å²) >= 11 is 1.41. The smallest absolute Gasteiger partial charge is 0.404 e. The molecule has 13 heteroatoms. The van der Waals surface area contributed by atoms with Gasteiger partial charge in [0, 0.05) is 35.4 Å². The zero-order valence-corrected chi connectivity index (χ0v) is 21.7. The third kappa shape index (κ3) is 6.15. The fraction of sp³-hybridized carbons (Fsp3) is 0.269. The van der Waals surface area contributed by atoms with Crippen molar-refractivity contribution in [3.05, 3.63) is 53.5 Å². The summed E-state index contributed by atoms with van der Waals surface area (Å²) in [5.74, 6) is -0.210. The lowest BCUT2D eigenvalue weighted by Crippen LogP contribution is -2.36. The van der Waals surface area contributed by atoms with Gasteiger partial charge in [0.15, 0.2) is 5.75 Å². The third-order valence-corrected chi connectivity index (χ3v) is 7.11. The molecule has 0 saturated carbocycles. The van der Waals surface area contributed by atoms with Crippen molar-refractivity contribution in [2.75, 3.05) is 41.8 Å². The first kappa shape index (κ1) is 26.5. The average Bonchev–Trinajstić information content (AvgIpc) is 3.33. The summed E-state index contributed by atoms with van der Waals surface area (Å²) in [4.78, 5) is 22.9. The molecule has 3 heterocycles. The van der Waals surface area contributed by atoms with E-state index < -0.39 is 18.1 Å². The van der Waals surface area contributed by atoms with E-state index in [9.17, 15) is 18.0 Å². The molecule has 1 saturated heterocycles. The van der Waals surface area contributed by atoms with Crippen LogP contribution in [0.15, 0.2) is 47.8 Å². The normalized spacial score (nSPS) is 13.9. The van der Waals surface area contributed by atoms with Gasteiger partial charge in [-0.05, 0) is 48.4 Å². The molecule has 0 unspecified atom stereocenters. The van der Waals surface area contributed by atoms with E-state index >= 15 is 0 Å². The molecule has 1 aliphatic rings. The van der Waals surface area contributed by atoms with Crippen LogP contribution in [0.25, 0.3) is 21.3 Å². The molecule has 204 valence electrons. The van der Waals surface area contributed by atoms with Crippen LogP contribution in [0.3, 0.4) is 0 Å². The standard InChI is InChI=1S/C26H25F3N6O3S/c1-2-19-23-22(34-25(33-19)31-16-4-6-17(7-5-16)35-9-11-37-12-10-35)18(14-39-23)15-3-8-20(32-24(30)36)21(13-15)38-26(27,28)29/h3-8,13-14H,2,9-12H2,1H3,(H3,30,32,36)(H,31,33,34). The minimum Gasteiger partial charge on any atom is -0.404 e. The molecule has 9 nitrogen and oxygen atoms in total. The number of hydrogen-bond acceptors (Lipinski definition) is 8. The molecule has 0 spiro atoms. The Balaban J connectivity index is 1.48. The van der Waals surface area contributed by atoms with Crippen LogP contribution in [0.1, 0.15) is 12.6 Å². The van der Waals surface area contributed by atoms with Crippen molar-refractivity contribution in [3.63, 3.8) is 0 Å². The van der Waals surface area contributed by atoms with Gasteiger partial charge in [0.1, 0.15) is 0 Å². The number of aromatic nitrogens is 2. The zero-order chi connectivity index (χ0) is 27.6. The van der Waals surface area contributed by atoms with Gasteiger partial charge in [-0.1, -0.05) is 13.0 Å². The summed E-state index contributed by atoms with van der Waals surface area (Å²) < 4.78 is 49.6. The first-order valence-electron chi connectivity index (χ1n) is 12.1. The molecule has 2 amide bonds. The summed E-state index contributed by atoms with van der Waals surface area (Å²) in [6, 6.07) is 11.0. The Labute approximate surface area is 225 Å². The van der Waals surface area contributed by atoms with Gasteiger partial charge < -0.3 is 30.7 Å². The molecule has 0 bridgehead atoms. The van der Waals surface area contributed by atoms with E-state index in [1.807, 2.05) is 36.6 Å². The van der Waals surface area contributed by atoms with E-state index in [2.05, 4.69) is 25.3 Å². The Kier molecular flexibility index (Phi) is 7.44. The van der Waals surface area contributed by atoms with Crippen LogP contribution in [-0.4, -0.2) is 48.7 Å². The molecular weight excluding hydrogens is 533 g/mol. The van der Waals surface area contributed by atoms with Crippen molar-refractivity contribution in [3.8, 4) is 16.9 Å². The Hall–Kier alpha value is -4.10. The number of carbonyl (C=O) groups excluding carboxylic acids is 1. The lowest BCUT2D eigenvalue weighted by molar-refractivity contribution is -0.274. The predicted molar refractivity (Wildman–Crippen MR) is 145 cm³/mol. The highest BCUT2D eigenvalue weighted by molar-refractivity contribution is 7.17. The number of nitrogens with one attached hydrogen (secondary N) is 2. The average molecular weight is 559 g/mol. The molecule has 1 aliphatic heterocycles. The number of nitrogens with zero attached hydrogens (tertiary/aromatic N) is 3. The number of morpholine rings is 1. The van der Waals surface area contributed by atoms with Crippen LogP contribution >= 0.6 is 11.3 Å². The van der Waals surface area contributed by atoms with Crippen molar-refractivity contribution >= 4 is 50.6 Å². The predicted octanol–water partition coefficient (Wildman–Crippen LogP) is 5.89. The number of carbonyl (C=O) groups is 1. The minimum absolute atomic E-state index is 0.199. The van der Waals surface area contributed by atoms with Gasteiger partial charge >= 0.3 is 12.4 Å². The van der Waals surface area contributed by atoms with Crippen molar-refractivity contribution in [2.45, 2.75) is 19.7 Å². The number of benzene rings is 2. The second-order valence-electron chi connectivity index (χ2n) is 8.69. The molecule has 4 N–H and O–H groups in total. The number of amides is 2. The molecule has 5 rings (SSSR count). The van der Waals surface area contributed by atoms with E-state index in [1.54, 1.807) is 6.07 Å². The van der Waals surface area contributed by atoms with Crippen molar-refractivity contribution in [2.24, 2.45) is 5.73 Å². The highest BCUT2D eigenvalue weighted by Crippen LogP contribution is 2.40. The number of anilines is 4. The maximum Gasteiger partial charge on any atom is 0.573 e. The number of nitrogens with two attached hydrogens (primary N) is 1. The topological polar surface area (TPSA) is 115 Å². The van der Waals surface area contributed by atoms with Gasteiger partial charge in [-0.15, -0.1) is 24.5 Å². The summed E-state index contributed by atoms with van der Waals surface area (Å²) in [5, 5.41) is 7.22. The number of rotatable bonds is 7. The number of ether oxygens (including phenoxy) is 2. The highest BCUT2D eigenvalue weighted by Gasteiger charge is 2.32. The first-order chi connectivity index (χ1) is 18.7. The van der Waals surface area contributed by atoms with Gasteiger partial charge in [0.2, 0.25) is 5.95 Å². The molecule has 0 radical (unpaired) electrons. The summed E-state index contributed by atoms with van der Waals surface area (Å²) in [6.07, 6.45) is -4.33. The largest absolute Gasteiger partial charge is 0.573 e. The lowest BCUT2D eigenvalue weighted by Gasteiger charge is -2.28. The van der Waals surface area contributed by atoms with E-state index in [0.717, 1.165) is 34.9 Å². The number of primary amides is 1. The highest BCUT2D eigenvalue weighted by atomic mass is 32.1. The fourth-order valence-corrected chi connectivity index (χ4v) is 5.40. The quantitative estimate of drug-likeness (QED) is 0.259. The maximum atomic E-state index is 13.1. The number of urea groups is 1. The molecule has 0 atom stereocenters. The van der Waals surface area contributed by atoms with Crippen molar-refractivity contribution in [1.29, 1.82) is 0 Å². The van der Waals surface area contributed by atoms with Gasteiger partial charge in [-0.3, -0.25) is 0 Å². The number of halogens is 3. The summed E-state index contributed by atoms with van der Waals surface area (Å²) in [7, 11) is 0. The molecule has 39 heavy (non-hydrogen) atoms. The Morgan fingerprint density at radius 1 is 1.15 bits per heavy atom. The second kappa shape index (κ2) is 10.9. The zero-order valence-electron chi connectivity index (χ0n) is 20.8. The van der Waals surface area contributed by atoms with Crippen LogP contribution in [-0.2, 0) is 11.2 Å². The number of alkyl halides is 3. The SMILES string of the molecule is CCc1nc(Nc2ccc(N3CCOCC3)cc2)nc2c(-c3ccc(NC(N)=O)c(OC(F)(F)F)c3)csc12. The summed E-state index contributed by atoms with van der Waals surface area (Å²) in [6.45, 7) is 5.04. The van der Waals surface area contributed by atoms with Crippen molar-refractivity contribution < 1.29 is 27.4 Å². The van der Waals surface area contributed by atoms with Crippen LogP contribution in [0, 0.1) is 0 Å². The first-order valence-corrected chi connectivity index (χ1v) is 13.0. The number of aryl methyl sites for hydroxylation is 1. The number of hydrogen-bond donors (Lipinski definition) is 3. The van der Waals surface area contributed by atoms with Gasteiger partial charge in [-0.25, -0.2) is 14.8 Å². The van der Waals surface area contributed by atoms with Gasteiger partial charge in [0.05, 0.1) is 34.8 Å². The Bertz CT molecular complexity index is 1490. The molecule has 4 aromatic rings. The van der Waals surface area contributed by atoms with Gasteiger partial charge in [-0.2, -0.15) is 0 Å². The van der Waals surface area contributed by atoms with Crippen LogP contribution in [0.4, 0.5) is 41.0 Å². The van der Waals surface area contributed by atoms with Crippen LogP contribution in [0.5, 0.6) is 5.75 Å². The molecule has 2 aromatic heterocycles. The maximum absolute atomic E-state index is 13.1. The molecule has 1 fully saturated rings. The van der Waals surface area contributed by atoms with Crippen LogP contribution < -0.4 is 26.0 Å².